The van der Waals surface area contributed by atoms with Crippen molar-refractivity contribution in [3.05, 3.63) is 29.1 Å². The van der Waals surface area contributed by atoms with Gasteiger partial charge in [-0.2, -0.15) is 0 Å². The molecule has 3 rings (SSSR count). The molecule has 0 spiro atoms. The number of H-pyrrole nitrogens is 1. The molecule has 1 saturated heterocycles. The summed E-state index contributed by atoms with van der Waals surface area (Å²) in [4.78, 5) is 8.24. The van der Waals surface area contributed by atoms with Gasteiger partial charge in [0.1, 0.15) is 5.82 Å². The van der Waals surface area contributed by atoms with Crippen LogP contribution in [0.4, 0.5) is 0 Å². The van der Waals surface area contributed by atoms with Gasteiger partial charge in [0, 0.05) is 19.1 Å². The molecular weight excluding hydrogens is 212 g/mol. The van der Waals surface area contributed by atoms with E-state index in [1.807, 2.05) is 0 Å². The van der Waals surface area contributed by atoms with Crippen molar-refractivity contribution in [1.82, 2.24) is 9.97 Å². The van der Waals surface area contributed by atoms with Gasteiger partial charge >= 0.3 is 0 Å². The number of benzene rings is 1. The van der Waals surface area contributed by atoms with Gasteiger partial charge in [0.25, 0.3) is 0 Å². The highest BCUT2D eigenvalue weighted by molar-refractivity contribution is 5.79. The lowest BCUT2D eigenvalue weighted by atomic mass is 10.00. The van der Waals surface area contributed by atoms with Crippen LogP contribution in [-0.2, 0) is 4.74 Å². The van der Waals surface area contributed by atoms with Crippen LogP contribution < -0.4 is 0 Å². The Morgan fingerprint density at radius 1 is 1.24 bits per heavy atom. The number of nitrogens with zero attached hydrogens (tertiary/aromatic N) is 1. The SMILES string of the molecule is Cc1cc(C)c2[nH]c(C3CCOCC3)nc2c1. The molecule has 3 heteroatoms. The first-order valence-corrected chi connectivity index (χ1v) is 6.28. The standard InChI is InChI=1S/C14H18N2O/c1-9-7-10(2)13-12(8-9)15-14(16-13)11-3-5-17-6-4-11/h7-8,11H,3-6H2,1-2H3,(H,15,16). The molecule has 2 heterocycles. The van der Waals surface area contributed by atoms with Crippen LogP contribution >= 0.6 is 0 Å². The van der Waals surface area contributed by atoms with Gasteiger partial charge in [-0.1, -0.05) is 6.07 Å². The number of nitrogens with one attached hydrogen (secondary N) is 1. The predicted octanol–water partition coefficient (Wildman–Crippen LogP) is 3.07. The largest absolute Gasteiger partial charge is 0.381 e. The third kappa shape index (κ3) is 1.95. The van der Waals surface area contributed by atoms with Crippen LogP contribution in [0.1, 0.15) is 35.7 Å². The summed E-state index contributed by atoms with van der Waals surface area (Å²) >= 11 is 0. The number of hydrogen-bond donors (Lipinski definition) is 1. The first-order chi connectivity index (χ1) is 8.24. The number of imidazole rings is 1. The molecule has 90 valence electrons. The molecule has 1 fully saturated rings. The van der Waals surface area contributed by atoms with Crippen LogP contribution in [0, 0.1) is 13.8 Å². The Balaban J connectivity index is 2.03. The average Bonchev–Trinajstić information content (AvgIpc) is 2.74. The highest BCUT2D eigenvalue weighted by atomic mass is 16.5. The molecule has 0 aliphatic carbocycles. The molecule has 0 radical (unpaired) electrons. The molecule has 17 heavy (non-hydrogen) atoms. The van der Waals surface area contributed by atoms with E-state index in [1.165, 1.54) is 16.6 Å². The monoisotopic (exact) mass is 230 g/mol. The van der Waals surface area contributed by atoms with Crippen molar-refractivity contribution in [2.45, 2.75) is 32.6 Å². The topological polar surface area (TPSA) is 37.9 Å². The van der Waals surface area contributed by atoms with Gasteiger partial charge < -0.3 is 9.72 Å². The fourth-order valence-electron chi connectivity index (χ4n) is 2.65. The lowest BCUT2D eigenvalue weighted by Crippen LogP contribution is -2.15. The summed E-state index contributed by atoms with van der Waals surface area (Å²) in [6.45, 7) is 5.98. The number of aromatic nitrogens is 2. The Morgan fingerprint density at radius 3 is 2.76 bits per heavy atom. The van der Waals surface area contributed by atoms with E-state index >= 15 is 0 Å². The van der Waals surface area contributed by atoms with E-state index in [2.05, 4.69) is 31.0 Å². The second-order valence-electron chi connectivity index (χ2n) is 4.98. The second-order valence-corrected chi connectivity index (χ2v) is 4.98. The molecule has 1 N–H and O–H groups in total. The molecule has 2 aromatic rings. The summed E-state index contributed by atoms with van der Waals surface area (Å²) in [5, 5.41) is 0. The van der Waals surface area contributed by atoms with Gasteiger partial charge in [0.05, 0.1) is 11.0 Å². The highest BCUT2D eigenvalue weighted by Crippen LogP contribution is 2.27. The zero-order valence-corrected chi connectivity index (χ0v) is 10.4. The summed E-state index contributed by atoms with van der Waals surface area (Å²) < 4.78 is 5.40. The zero-order chi connectivity index (χ0) is 11.8. The Kier molecular flexibility index (Phi) is 2.63. The Morgan fingerprint density at radius 2 is 2.00 bits per heavy atom. The molecule has 0 unspecified atom stereocenters. The number of aromatic amines is 1. The molecule has 1 aliphatic heterocycles. The summed E-state index contributed by atoms with van der Waals surface area (Å²) in [5.74, 6) is 1.67. The number of aryl methyl sites for hydroxylation is 2. The van der Waals surface area contributed by atoms with Gasteiger partial charge in [-0.15, -0.1) is 0 Å². The van der Waals surface area contributed by atoms with Crippen molar-refractivity contribution >= 4 is 11.0 Å². The third-order valence-electron chi connectivity index (χ3n) is 3.56. The maximum Gasteiger partial charge on any atom is 0.110 e. The summed E-state index contributed by atoms with van der Waals surface area (Å²) in [6.07, 6.45) is 2.16. The zero-order valence-electron chi connectivity index (χ0n) is 10.4. The van der Waals surface area contributed by atoms with Gasteiger partial charge in [-0.3, -0.25) is 0 Å². The molecule has 0 amide bonds. The summed E-state index contributed by atoms with van der Waals surface area (Å²) in [6, 6.07) is 4.36. The van der Waals surface area contributed by atoms with Crippen molar-refractivity contribution in [2.24, 2.45) is 0 Å². The number of hydrogen-bond acceptors (Lipinski definition) is 2. The second kappa shape index (κ2) is 4.15. The molecule has 1 aliphatic rings. The molecule has 1 aromatic heterocycles. The number of rotatable bonds is 1. The minimum atomic E-state index is 0.538. The van der Waals surface area contributed by atoms with Crippen molar-refractivity contribution in [3.8, 4) is 0 Å². The van der Waals surface area contributed by atoms with Crippen molar-refractivity contribution in [3.63, 3.8) is 0 Å². The molecule has 0 bridgehead atoms. The Hall–Kier alpha value is -1.35. The Labute approximate surface area is 101 Å². The molecule has 0 saturated carbocycles. The molecular formula is C14H18N2O. The molecule has 1 aromatic carbocycles. The maximum absolute atomic E-state index is 5.40. The van der Waals surface area contributed by atoms with Crippen LogP contribution in [0.25, 0.3) is 11.0 Å². The van der Waals surface area contributed by atoms with E-state index in [0.29, 0.717) is 5.92 Å². The number of fused-ring (bicyclic) bond motifs is 1. The van der Waals surface area contributed by atoms with Gasteiger partial charge in [0.15, 0.2) is 0 Å². The van der Waals surface area contributed by atoms with E-state index in [9.17, 15) is 0 Å². The first-order valence-electron chi connectivity index (χ1n) is 6.28. The Bertz CT molecular complexity index is 538. The lowest BCUT2D eigenvalue weighted by Gasteiger charge is -2.19. The third-order valence-corrected chi connectivity index (χ3v) is 3.56. The van der Waals surface area contributed by atoms with Crippen molar-refractivity contribution in [2.75, 3.05) is 13.2 Å². The van der Waals surface area contributed by atoms with Crippen LogP contribution in [-0.4, -0.2) is 23.2 Å². The van der Waals surface area contributed by atoms with Gasteiger partial charge in [0.2, 0.25) is 0 Å². The number of ether oxygens (including phenoxy) is 1. The highest BCUT2D eigenvalue weighted by Gasteiger charge is 2.19. The summed E-state index contributed by atoms with van der Waals surface area (Å²) in [7, 11) is 0. The van der Waals surface area contributed by atoms with E-state index in [4.69, 9.17) is 9.72 Å². The van der Waals surface area contributed by atoms with Crippen LogP contribution in [0.15, 0.2) is 12.1 Å². The maximum atomic E-state index is 5.40. The van der Waals surface area contributed by atoms with E-state index in [0.717, 1.165) is 37.4 Å². The lowest BCUT2D eigenvalue weighted by molar-refractivity contribution is 0.0838. The fraction of sp³-hybridized carbons (Fsp3) is 0.500. The van der Waals surface area contributed by atoms with Crippen LogP contribution in [0.2, 0.25) is 0 Å². The van der Waals surface area contributed by atoms with Crippen molar-refractivity contribution in [1.29, 1.82) is 0 Å². The quantitative estimate of drug-likeness (QED) is 0.817. The normalized spacial score (nSPS) is 17.8. The summed E-state index contributed by atoms with van der Waals surface area (Å²) in [5.41, 5.74) is 4.85. The molecule has 3 nitrogen and oxygen atoms in total. The smallest absolute Gasteiger partial charge is 0.110 e. The van der Waals surface area contributed by atoms with Crippen LogP contribution in [0.3, 0.4) is 0 Å². The average molecular weight is 230 g/mol. The molecule has 0 atom stereocenters. The van der Waals surface area contributed by atoms with Crippen molar-refractivity contribution < 1.29 is 4.74 Å². The van der Waals surface area contributed by atoms with E-state index in [1.54, 1.807) is 0 Å². The van der Waals surface area contributed by atoms with Gasteiger partial charge in [-0.05, 0) is 43.9 Å². The minimum Gasteiger partial charge on any atom is -0.381 e. The van der Waals surface area contributed by atoms with Gasteiger partial charge in [-0.25, -0.2) is 4.98 Å². The predicted molar refractivity (Wildman–Crippen MR) is 68.4 cm³/mol. The fourth-order valence-corrected chi connectivity index (χ4v) is 2.65. The van der Waals surface area contributed by atoms with Crippen LogP contribution in [0.5, 0.6) is 0 Å². The first kappa shape index (κ1) is 10.8. The van der Waals surface area contributed by atoms with E-state index in [-0.39, 0.29) is 0 Å². The minimum absolute atomic E-state index is 0.538. The van der Waals surface area contributed by atoms with E-state index < -0.39 is 0 Å².